The molecular weight excluding hydrogens is 246 g/mol. The van der Waals surface area contributed by atoms with Crippen LogP contribution in [0, 0.1) is 0 Å². The SMILES string of the molecule is C=C(CC)CC(NC)c1ccc(S(C)(=O)=O)cc1. The Morgan fingerprint density at radius 3 is 2.28 bits per heavy atom. The zero-order chi connectivity index (χ0) is 13.8. The third kappa shape index (κ3) is 3.96. The number of hydrogen-bond acceptors (Lipinski definition) is 3. The van der Waals surface area contributed by atoms with E-state index in [2.05, 4.69) is 18.8 Å². The fourth-order valence-electron chi connectivity index (χ4n) is 1.77. The smallest absolute Gasteiger partial charge is 0.175 e. The number of rotatable bonds is 6. The maximum atomic E-state index is 11.4. The lowest BCUT2D eigenvalue weighted by molar-refractivity contribution is 0.581. The highest BCUT2D eigenvalue weighted by molar-refractivity contribution is 7.90. The van der Waals surface area contributed by atoms with Gasteiger partial charge < -0.3 is 5.32 Å². The van der Waals surface area contributed by atoms with Crippen LogP contribution in [0.15, 0.2) is 41.3 Å². The van der Waals surface area contributed by atoms with Crippen molar-refractivity contribution >= 4 is 9.84 Å². The molecule has 0 aliphatic rings. The van der Waals surface area contributed by atoms with Crippen LogP contribution in [-0.2, 0) is 9.84 Å². The molecular formula is C14H21NO2S. The Morgan fingerprint density at radius 1 is 1.33 bits per heavy atom. The summed E-state index contributed by atoms with van der Waals surface area (Å²) in [5.41, 5.74) is 2.26. The summed E-state index contributed by atoms with van der Waals surface area (Å²) in [5, 5.41) is 3.23. The lowest BCUT2D eigenvalue weighted by Gasteiger charge is -2.17. The molecule has 0 aliphatic heterocycles. The second-order valence-corrected chi connectivity index (χ2v) is 6.51. The molecule has 4 heteroatoms. The summed E-state index contributed by atoms with van der Waals surface area (Å²) in [4.78, 5) is 0.357. The number of hydrogen-bond donors (Lipinski definition) is 1. The Hall–Kier alpha value is -1.13. The van der Waals surface area contributed by atoms with Crippen molar-refractivity contribution in [3.63, 3.8) is 0 Å². The van der Waals surface area contributed by atoms with Crippen LogP contribution in [0.3, 0.4) is 0 Å². The van der Waals surface area contributed by atoms with Gasteiger partial charge in [0.05, 0.1) is 4.90 Å². The van der Waals surface area contributed by atoms with Gasteiger partial charge in [-0.2, -0.15) is 0 Å². The molecule has 0 amide bonds. The van der Waals surface area contributed by atoms with Gasteiger partial charge in [0.1, 0.15) is 0 Å². The second-order valence-electron chi connectivity index (χ2n) is 4.49. The Labute approximate surface area is 110 Å². The summed E-state index contributed by atoms with van der Waals surface area (Å²) >= 11 is 0. The average Bonchev–Trinajstić information content (AvgIpc) is 2.34. The Kier molecular flexibility index (Phi) is 5.11. The fraction of sp³-hybridized carbons (Fsp3) is 0.429. The van der Waals surface area contributed by atoms with Crippen molar-refractivity contribution < 1.29 is 8.42 Å². The first kappa shape index (κ1) is 14.9. The predicted octanol–water partition coefficient (Wildman–Crippen LogP) is 2.71. The van der Waals surface area contributed by atoms with E-state index < -0.39 is 9.84 Å². The summed E-state index contributed by atoms with van der Waals surface area (Å²) in [6.45, 7) is 6.09. The van der Waals surface area contributed by atoms with Crippen molar-refractivity contribution in [1.82, 2.24) is 5.32 Å². The van der Waals surface area contributed by atoms with E-state index in [0.717, 1.165) is 18.4 Å². The average molecular weight is 267 g/mol. The van der Waals surface area contributed by atoms with E-state index in [1.54, 1.807) is 12.1 Å². The standard InChI is InChI=1S/C14H21NO2S/c1-5-11(2)10-14(15-3)12-6-8-13(9-7-12)18(4,16)17/h6-9,14-15H,2,5,10H2,1,3-4H3. The third-order valence-electron chi connectivity index (χ3n) is 3.05. The summed E-state index contributed by atoms with van der Waals surface area (Å²) in [5.74, 6) is 0. The topological polar surface area (TPSA) is 46.2 Å². The lowest BCUT2D eigenvalue weighted by Crippen LogP contribution is -2.17. The van der Waals surface area contributed by atoms with Crippen molar-refractivity contribution in [3.05, 3.63) is 42.0 Å². The second kappa shape index (κ2) is 6.16. The number of benzene rings is 1. The van der Waals surface area contributed by atoms with E-state index in [1.807, 2.05) is 19.2 Å². The molecule has 1 rings (SSSR count). The van der Waals surface area contributed by atoms with Crippen LogP contribution < -0.4 is 5.32 Å². The van der Waals surface area contributed by atoms with E-state index in [0.29, 0.717) is 4.90 Å². The monoisotopic (exact) mass is 267 g/mol. The van der Waals surface area contributed by atoms with Crippen molar-refractivity contribution in [1.29, 1.82) is 0 Å². The van der Waals surface area contributed by atoms with Gasteiger partial charge in [0.2, 0.25) is 0 Å². The maximum absolute atomic E-state index is 11.4. The van der Waals surface area contributed by atoms with Crippen LogP contribution in [0.25, 0.3) is 0 Å². The Morgan fingerprint density at radius 2 is 1.89 bits per heavy atom. The summed E-state index contributed by atoms with van der Waals surface area (Å²) in [6, 6.07) is 7.22. The van der Waals surface area contributed by atoms with Crippen molar-refractivity contribution in [2.45, 2.75) is 30.7 Å². The van der Waals surface area contributed by atoms with Gasteiger partial charge in [-0.1, -0.05) is 31.2 Å². The molecule has 0 saturated heterocycles. The summed E-state index contributed by atoms with van der Waals surface area (Å²) in [6.07, 6.45) is 3.04. The van der Waals surface area contributed by atoms with Gasteiger partial charge in [-0.25, -0.2) is 8.42 Å². The van der Waals surface area contributed by atoms with Gasteiger partial charge in [-0.05, 0) is 37.6 Å². The molecule has 1 aromatic rings. The van der Waals surface area contributed by atoms with Crippen LogP contribution >= 0.6 is 0 Å². The largest absolute Gasteiger partial charge is 0.313 e. The molecule has 0 spiro atoms. The molecule has 1 N–H and O–H groups in total. The predicted molar refractivity (Wildman–Crippen MR) is 75.4 cm³/mol. The van der Waals surface area contributed by atoms with Gasteiger partial charge in [-0.3, -0.25) is 0 Å². The quantitative estimate of drug-likeness (QED) is 0.806. The van der Waals surface area contributed by atoms with Gasteiger partial charge in [0.25, 0.3) is 0 Å². The van der Waals surface area contributed by atoms with Crippen LogP contribution in [0.4, 0.5) is 0 Å². The molecule has 100 valence electrons. The summed E-state index contributed by atoms with van der Waals surface area (Å²) in [7, 11) is -1.22. The zero-order valence-electron chi connectivity index (χ0n) is 11.2. The minimum absolute atomic E-state index is 0.186. The molecule has 0 bridgehead atoms. The molecule has 0 radical (unpaired) electrons. The van der Waals surface area contributed by atoms with E-state index in [-0.39, 0.29) is 6.04 Å². The van der Waals surface area contributed by atoms with Crippen LogP contribution in [0.5, 0.6) is 0 Å². The molecule has 1 unspecified atom stereocenters. The Balaban J connectivity index is 2.92. The minimum Gasteiger partial charge on any atom is -0.313 e. The number of sulfone groups is 1. The molecule has 1 aromatic carbocycles. The van der Waals surface area contributed by atoms with Gasteiger partial charge in [-0.15, -0.1) is 0 Å². The van der Waals surface area contributed by atoms with E-state index in [9.17, 15) is 8.42 Å². The molecule has 18 heavy (non-hydrogen) atoms. The minimum atomic E-state index is -3.12. The molecule has 3 nitrogen and oxygen atoms in total. The Bertz CT molecular complexity index is 503. The van der Waals surface area contributed by atoms with Crippen molar-refractivity contribution in [2.24, 2.45) is 0 Å². The normalized spacial score (nSPS) is 13.3. The van der Waals surface area contributed by atoms with Gasteiger partial charge in [0, 0.05) is 12.3 Å². The van der Waals surface area contributed by atoms with Crippen molar-refractivity contribution in [2.75, 3.05) is 13.3 Å². The highest BCUT2D eigenvalue weighted by Gasteiger charge is 2.12. The van der Waals surface area contributed by atoms with Gasteiger partial charge >= 0.3 is 0 Å². The third-order valence-corrected chi connectivity index (χ3v) is 4.18. The molecule has 1 atom stereocenters. The van der Waals surface area contributed by atoms with Crippen LogP contribution in [0.2, 0.25) is 0 Å². The molecule has 0 fully saturated rings. The first-order valence-corrected chi connectivity index (χ1v) is 7.91. The molecule has 0 saturated carbocycles. The highest BCUT2D eigenvalue weighted by Crippen LogP contribution is 2.22. The molecule has 0 aromatic heterocycles. The van der Waals surface area contributed by atoms with E-state index in [1.165, 1.54) is 11.8 Å². The van der Waals surface area contributed by atoms with Crippen molar-refractivity contribution in [3.8, 4) is 0 Å². The van der Waals surface area contributed by atoms with E-state index in [4.69, 9.17) is 0 Å². The van der Waals surface area contributed by atoms with E-state index >= 15 is 0 Å². The zero-order valence-corrected chi connectivity index (χ0v) is 12.0. The summed E-state index contributed by atoms with van der Waals surface area (Å²) < 4.78 is 22.8. The molecule has 0 aliphatic carbocycles. The molecule has 0 heterocycles. The fourth-order valence-corrected chi connectivity index (χ4v) is 2.40. The van der Waals surface area contributed by atoms with Gasteiger partial charge in [0.15, 0.2) is 9.84 Å². The van der Waals surface area contributed by atoms with Crippen LogP contribution in [0.1, 0.15) is 31.4 Å². The lowest BCUT2D eigenvalue weighted by atomic mass is 9.99. The van der Waals surface area contributed by atoms with Crippen LogP contribution in [-0.4, -0.2) is 21.7 Å². The highest BCUT2D eigenvalue weighted by atomic mass is 32.2. The number of nitrogens with one attached hydrogen (secondary N) is 1. The first-order chi connectivity index (χ1) is 8.38. The first-order valence-electron chi connectivity index (χ1n) is 6.02. The maximum Gasteiger partial charge on any atom is 0.175 e.